The lowest BCUT2D eigenvalue weighted by Crippen LogP contribution is -2.37. The molecule has 1 aliphatic rings. The van der Waals surface area contributed by atoms with Crippen LogP contribution in [0.1, 0.15) is 6.42 Å². The number of nitrogens with one attached hydrogen (secondary N) is 2. The van der Waals surface area contributed by atoms with E-state index in [4.69, 9.17) is 18.9 Å². The normalized spacial score (nSPS) is 13.5. The van der Waals surface area contributed by atoms with E-state index in [-0.39, 0.29) is 11.4 Å². The van der Waals surface area contributed by atoms with Gasteiger partial charge in [0, 0.05) is 59.2 Å². The minimum atomic E-state index is -0.637. The van der Waals surface area contributed by atoms with Crippen LogP contribution in [0.2, 0.25) is 0 Å². The predicted octanol–water partition coefficient (Wildman–Crippen LogP) is 6.68. The molecule has 0 atom stereocenters. The van der Waals surface area contributed by atoms with Gasteiger partial charge in [-0.25, -0.2) is 9.18 Å². The first kappa shape index (κ1) is 28.6. The number of ether oxygens (including phenoxy) is 4. The number of halogens is 2. The Labute approximate surface area is 245 Å². The molecule has 0 unspecified atom stereocenters. The number of pyridine rings is 1. The third kappa shape index (κ3) is 7.63. The first-order valence-corrected chi connectivity index (χ1v) is 14.0. The number of methoxy groups -OCH3 is 1. The van der Waals surface area contributed by atoms with Crippen LogP contribution in [-0.4, -0.2) is 62.5 Å². The van der Waals surface area contributed by atoms with Gasteiger partial charge < -0.3 is 29.6 Å². The number of fused-ring (bicyclic) bond motifs is 1. The largest absolute Gasteiger partial charge is 0.493 e. The molecule has 1 saturated heterocycles. The zero-order chi connectivity index (χ0) is 28.6. The van der Waals surface area contributed by atoms with Gasteiger partial charge in [0.2, 0.25) is 0 Å². The molecule has 1 aliphatic heterocycles. The van der Waals surface area contributed by atoms with Crippen LogP contribution in [0, 0.1) is 5.82 Å². The fourth-order valence-electron chi connectivity index (χ4n) is 4.42. The van der Waals surface area contributed by atoms with E-state index >= 15 is 4.39 Å². The number of anilines is 2. The summed E-state index contributed by atoms with van der Waals surface area (Å²) in [4.78, 5) is 19.1. The summed E-state index contributed by atoms with van der Waals surface area (Å²) >= 11 is 3.36. The van der Waals surface area contributed by atoms with Gasteiger partial charge in [-0.2, -0.15) is 0 Å². The molecule has 0 radical (unpaired) electrons. The molecule has 9 nitrogen and oxygen atoms in total. The molecule has 11 heteroatoms. The third-order valence-electron chi connectivity index (χ3n) is 6.46. The van der Waals surface area contributed by atoms with Crippen molar-refractivity contribution in [1.82, 2.24) is 9.88 Å². The number of hydrogen-bond acceptors (Lipinski definition) is 7. The van der Waals surface area contributed by atoms with E-state index in [1.54, 1.807) is 55.8 Å². The van der Waals surface area contributed by atoms with Crippen molar-refractivity contribution in [2.45, 2.75) is 6.42 Å². The molecule has 214 valence electrons. The van der Waals surface area contributed by atoms with Gasteiger partial charge in [-0.05, 0) is 48.9 Å². The molecule has 4 aromatic rings. The lowest BCUT2D eigenvalue weighted by atomic mass is 10.1. The van der Waals surface area contributed by atoms with Crippen LogP contribution in [0.15, 0.2) is 71.3 Å². The Bertz CT molecular complexity index is 1520. The minimum absolute atomic E-state index is 0.00199. The van der Waals surface area contributed by atoms with Crippen molar-refractivity contribution in [3.05, 3.63) is 77.2 Å². The molecule has 0 bridgehead atoms. The number of nitrogens with zero attached hydrogens (tertiary/aromatic N) is 2. The van der Waals surface area contributed by atoms with Crippen molar-refractivity contribution < 1.29 is 28.1 Å². The molecule has 0 aliphatic carbocycles. The van der Waals surface area contributed by atoms with E-state index in [1.807, 2.05) is 6.07 Å². The Morgan fingerprint density at radius 1 is 1.00 bits per heavy atom. The van der Waals surface area contributed by atoms with Crippen LogP contribution < -0.4 is 24.8 Å². The maximum Gasteiger partial charge on any atom is 0.323 e. The highest BCUT2D eigenvalue weighted by atomic mass is 79.9. The first-order valence-electron chi connectivity index (χ1n) is 13.2. The van der Waals surface area contributed by atoms with Crippen LogP contribution in [0.3, 0.4) is 0 Å². The minimum Gasteiger partial charge on any atom is -0.493 e. The van der Waals surface area contributed by atoms with E-state index in [0.717, 1.165) is 43.7 Å². The molecular weight excluding hydrogens is 595 g/mol. The topological polar surface area (TPSA) is 94.2 Å². The zero-order valence-electron chi connectivity index (χ0n) is 22.5. The summed E-state index contributed by atoms with van der Waals surface area (Å²) in [7, 11) is 1.57. The Hall–Kier alpha value is -3.93. The van der Waals surface area contributed by atoms with Gasteiger partial charge >= 0.3 is 6.03 Å². The van der Waals surface area contributed by atoms with Crippen molar-refractivity contribution in [2.24, 2.45) is 0 Å². The second-order valence-corrected chi connectivity index (χ2v) is 10.2. The molecule has 2 N–H and O–H groups in total. The maximum atomic E-state index is 15.0. The monoisotopic (exact) mass is 624 g/mol. The van der Waals surface area contributed by atoms with Gasteiger partial charge in [0.15, 0.2) is 23.1 Å². The predicted molar refractivity (Wildman–Crippen MR) is 159 cm³/mol. The average molecular weight is 625 g/mol. The molecule has 1 aromatic heterocycles. The number of amides is 2. The number of benzene rings is 3. The maximum absolute atomic E-state index is 15.0. The third-order valence-corrected chi connectivity index (χ3v) is 6.95. The number of carbonyl (C=O) groups is 1. The van der Waals surface area contributed by atoms with Crippen LogP contribution in [-0.2, 0) is 4.74 Å². The quantitative estimate of drug-likeness (QED) is 0.190. The van der Waals surface area contributed by atoms with Crippen molar-refractivity contribution in [3.8, 4) is 23.0 Å². The van der Waals surface area contributed by atoms with Crippen molar-refractivity contribution in [2.75, 3.05) is 57.2 Å². The Morgan fingerprint density at radius 3 is 2.56 bits per heavy atom. The standard InChI is InChI=1S/C30H30BrFN4O5/c1-38-28-18-23-25(19-29(28)40-13-3-10-36-11-14-39-15-12-36)33-9-8-26(23)41-27-7-6-22(17-24(27)32)35-30(37)34-21-5-2-4-20(31)16-21/h2,4-9,16-19H,3,10-15H2,1H3,(H2,34,35,37). The van der Waals surface area contributed by atoms with Gasteiger partial charge in [0.1, 0.15) is 5.75 Å². The van der Waals surface area contributed by atoms with Gasteiger partial charge in [-0.3, -0.25) is 9.88 Å². The van der Waals surface area contributed by atoms with Crippen molar-refractivity contribution in [1.29, 1.82) is 0 Å². The highest BCUT2D eigenvalue weighted by Crippen LogP contribution is 2.38. The van der Waals surface area contributed by atoms with Crippen LogP contribution in [0.5, 0.6) is 23.0 Å². The Morgan fingerprint density at radius 2 is 1.80 bits per heavy atom. The molecule has 0 spiro atoms. The summed E-state index contributed by atoms with van der Waals surface area (Å²) in [6.45, 7) is 4.88. The first-order chi connectivity index (χ1) is 20.0. The number of carbonyl (C=O) groups excluding carboxylic acids is 1. The van der Waals surface area contributed by atoms with Gasteiger partial charge in [-0.15, -0.1) is 0 Å². The van der Waals surface area contributed by atoms with E-state index in [0.29, 0.717) is 40.4 Å². The SMILES string of the molecule is COc1cc2c(Oc3ccc(NC(=O)Nc4cccc(Br)c4)cc3F)ccnc2cc1OCCCN1CCOCC1. The number of hydrogen-bond donors (Lipinski definition) is 2. The lowest BCUT2D eigenvalue weighted by molar-refractivity contribution is 0.0357. The molecule has 1 fully saturated rings. The van der Waals surface area contributed by atoms with Gasteiger partial charge in [-0.1, -0.05) is 22.0 Å². The summed E-state index contributed by atoms with van der Waals surface area (Å²) in [6, 6.07) is 16.1. The second-order valence-electron chi connectivity index (χ2n) is 9.32. The second kappa shape index (κ2) is 13.6. The highest BCUT2D eigenvalue weighted by molar-refractivity contribution is 9.10. The van der Waals surface area contributed by atoms with Crippen LogP contribution in [0.4, 0.5) is 20.6 Å². The smallest absolute Gasteiger partial charge is 0.323 e. The molecule has 0 saturated carbocycles. The number of aromatic nitrogens is 1. The molecule has 2 amide bonds. The Balaban J connectivity index is 1.24. The highest BCUT2D eigenvalue weighted by Gasteiger charge is 2.15. The van der Waals surface area contributed by atoms with E-state index in [2.05, 4.69) is 36.4 Å². The fraction of sp³-hybridized carbons (Fsp3) is 0.267. The Kier molecular flexibility index (Phi) is 9.50. The molecular formula is C30H30BrFN4O5. The summed E-state index contributed by atoms with van der Waals surface area (Å²) < 4.78 is 38.8. The van der Waals surface area contributed by atoms with E-state index < -0.39 is 11.8 Å². The fourth-order valence-corrected chi connectivity index (χ4v) is 4.82. The van der Waals surface area contributed by atoms with E-state index in [1.165, 1.54) is 12.1 Å². The zero-order valence-corrected chi connectivity index (χ0v) is 24.1. The van der Waals surface area contributed by atoms with Crippen LogP contribution in [0.25, 0.3) is 10.9 Å². The van der Waals surface area contributed by atoms with Crippen LogP contribution >= 0.6 is 15.9 Å². The molecule has 5 rings (SSSR count). The van der Waals surface area contributed by atoms with Crippen molar-refractivity contribution >= 4 is 44.2 Å². The lowest BCUT2D eigenvalue weighted by Gasteiger charge is -2.26. The van der Waals surface area contributed by atoms with Crippen molar-refractivity contribution in [3.63, 3.8) is 0 Å². The average Bonchev–Trinajstić information content (AvgIpc) is 2.97. The molecule has 3 aromatic carbocycles. The number of urea groups is 1. The van der Waals surface area contributed by atoms with Gasteiger partial charge in [0.25, 0.3) is 0 Å². The summed E-state index contributed by atoms with van der Waals surface area (Å²) in [5.74, 6) is 0.868. The molecule has 41 heavy (non-hydrogen) atoms. The summed E-state index contributed by atoms with van der Waals surface area (Å²) in [5.41, 5.74) is 1.49. The number of morpholine rings is 1. The molecule has 2 heterocycles. The summed E-state index contributed by atoms with van der Waals surface area (Å²) in [6.07, 6.45) is 2.46. The van der Waals surface area contributed by atoms with Gasteiger partial charge in [0.05, 0.1) is 32.4 Å². The van der Waals surface area contributed by atoms with E-state index in [9.17, 15) is 4.79 Å². The number of rotatable bonds is 10. The summed E-state index contributed by atoms with van der Waals surface area (Å²) in [5, 5.41) is 5.96.